The maximum atomic E-state index is 12.7. The summed E-state index contributed by atoms with van der Waals surface area (Å²) in [6.07, 6.45) is 0.262. The van der Waals surface area contributed by atoms with Crippen LogP contribution >= 0.6 is 11.3 Å². The fourth-order valence-electron chi connectivity index (χ4n) is 3.88. The number of hydrogen-bond acceptors (Lipinski definition) is 6. The number of carbonyl (C=O) groups is 2. The van der Waals surface area contributed by atoms with E-state index >= 15 is 0 Å². The zero-order valence-corrected chi connectivity index (χ0v) is 18.1. The highest BCUT2D eigenvalue weighted by Crippen LogP contribution is 2.30. The van der Waals surface area contributed by atoms with Crippen LogP contribution < -0.4 is 5.32 Å². The topological polar surface area (TPSA) is 74.8 Å². The van der Waals surface area contributed by atoms with Crippen LogP contribution in [-0.2, 0) is 20.9 Å². The maximum absolute atomic E-state index is 12.7. The maximum Gasteiger partial charge on any atom is 0.231 e. The molecule has 8 heteroatoms. The highest BCUT2D eigenvalue weighted by Gasteiger charge is 2.39. The molecule has 2 saturated heterocycles. The van der Waals surface area contributed by atoms with Gasteiger partial charge in [-0.25, -0.2) is 4.98 Å². The molecule has 1 unspecified atom stereocenters. The van der Waals surface area contributed by atoms with Crippen molar-refractivity contribution < 1.29 is 14.3 Å². The van der Waals surface area contributed by atoms with Gasteiger partial charge in [0.25, 0.3) is 0 Å². The van der Waals surface area contributed by atoms with E-state index in [9.17, 15) is 9.59 Å². The molecular formula is C21H28N4O3S. The normalized spacial score (nSPS) is 21.1. The SMILES string of the molecule is CC(C)(C)N1CC(C(=O)Nc2nc3ccc(CN4CCOCC4)cc3s2)CC1=O. The van der Waals surface area contributed by atoms with Crippen LogP contribution in [0, 0.1) is 5.92 Å². The van der Waals surface area contributed by atoms with Crippen LogP contribution in [0.3, 0.4) is 0 Å². The van der Waals surface area contributed by atoms with Gasteiger partial charge in [-0.3, -0.25) is 14.5 Å². The van der Waals surface area contributed by atoms with Gasteiger partial charge >= 0.3 is 0 Å². The zero-order chi connectivity index (χ0) is 20.6. The van der Waals surface area contributed by atoms with E-state index in [0.717, 1.165) is 43.1 Å². The zero-order valence-electron chi connectivity index (χ0n) is 17.2. The molecular weight excluding hydrogens is 388 g/mol. The first-order valence-electron chi connectivity index (χ1n) is 10.1. The molecule has 1 aromatic carbocycles. The van der Waals surface area contributed by atoms with Crippen molar-refractivity contribution in [2.24, 2.45) is 5.92 Å². The standard InChI is InChI=1S/C21H28N4O3S/c1-21(2,3)25-13-15(11-18(25)26)19(27)23-20-22-16-5-4-14(10-17(16)29-20)12-24-6-8-28-9-7-24/h4-5,10,15H,6-9,11-13H2,1-3H3,(H,22,23,27). The van der Waals surface area contributed by atoms with Crippen LogP contribution in [0.5, 0.6) is 0 Å². The highest BCUT2D eigenvalue weighted by molar-refractivity contribution is 7.22. The summed E-state index contributed by atoms with van der Waals surface area (Å²) in [5, 5.41) is 3.52. The number of carbonyl (C=O) groups excluding carboxylic acids is 2. The summed E-state index contributed by atoms with van der Waals surface area (Å²) in [5.74, 6) is -0.419. The Bertz CT molecular complexity index is 914. The van der Waals surface area contributed by atoms with Crippen LogP contribution in [0.25, 0.3) is 10.2 Å². The number of rotatable bonds is 4. The first-order chi connectivity index (χ1) is 13.8. The first-order valence-corrected chi connectivity index (χ1v) is 10.9. The van der Waals surface area contributed by atoms with E-state index in [-0.39, 0.29) is 29.7 Å². The monoisotopic (exact) mass is 416 g/mol. The summed E-state index contributed by atoms with van der Waals surface area (Å²) in [7, 11) is 0. The number of thiazole rings is 1. The summed E-state index contributed by atoms with van der Waals surface area (Å²) >= 11 is 1.48. The molecule has 2 aliphatic heterocycles. The molecule has 4 rings (SSSR count). The molecule has 2 aliphatic rings. The largest absolute Gasteiger partial charge is 0.379 e. The number of amides is 2. The minimum absolute atomic E-state index is 0.0368. The summed E-state index contributed by atoms with van der Waals surface area (Å²) < 4.78 is 6.47. The number of benzene rings is 1. The van der Waals surface area contributed by atoms with Gasteiger partial charge < -0.3 is 15.0 Å². The average Bonchev–Trinajstić information content (AvgIpc) is 3.25. The third kappa shape index (κ3) is 4.60. The van der Waals surface area contributed by atoms with Crippen molar-refractivity contribution in [3.05, 3.63) is 23.8 Å². The Labute approximate surface area is 175 Å². The molecule has 2 amide bonds. The second-order valence-corrected chi connectivity index (χ2v) is 9.81. The number of anilines is 1. The Morgan fingerprint density at radius 1 is 1.31 bits per heavy atom. The molecule has 1 atom stereocenters. The van der Waals surface area contributed by atoms with E-state index in [1.54, 1.807) is 4.90 Å². The Morgan fingerprint density at radius 3 is 2.76 bits per heavy atom. The predicted molar refractivity (Wildman–Crippen MR) is 114 cm³/mol. The summed E-state index contributed by atoms with van der Waals surface area (Å²) in [6.45, 7) is 10.8. The van der Waals surface area contributed by atoms with E-state index in [2.05, 4.69) is 27.3 Å². The van der Waals surface area contributed by atoms with Gasteiger partial charge in [0.05, 0.1) is 29.3 Å². The van der Waals surface area contributed by atoms with Crippen molar-refractivity contribution in [1.29, 1.82) is 0 Å². The van der Waals surface area contributed by atoms with Crippen LogP contribution in [0.1, 0.15) is 32.8 Å². The van der Waals surface area contributed by atoms with Crippen molar-refractivity contribution in [2.45, 2.75) is 39.3 Å². The molecule has 3 heterocycles. The summed E-state index contributed by atoms with van der Waals surface area (Å²) in [4.78, 5) is 33.7. The van der Waals surface area contributed by atoms with Crippen molar-refractivity contribution in [1.82, 2.24) is 14.8 Å². The number of morpholine rings is 1. The van der Waals surface area contributed by atoms with E-state index in [1.807, 2.05) is 26.8 Å². The van der Waals surface area contributed by atoms with Crippen LogP contribution in [0.4, 0.5) is 5.13 Å². The second kappa shape index (κ2) is 8.01. The number of nitrogens with one attached hydrogen (secondary N) is 1. The summed E-state index contributed by atoms with van der Waals surface area (Å²) in [6, 6.07) is 6.26. The van der Waals surface area contributed by atoms with Gasteiger partial charge in [0.15, 0.2) is 5.13 Å². The van der Waals surface area contributed by atoms with Crippen molar-refractivity contribution >= 4 is 38.5 Å². The van der Waals surface area contributed by atoms with Crippen LogP contribution in [0.2, 0.25) is 0 Å². The first kappa shape index (κ1) is 20.3. The van der Waals surface area contributed by atoms with Crippen LogP contribution in [-0.4, -0.2) is 65.0 Å². The number of nitrogens with zero attached hydrogens (tertiary/aromatic N) is 3. The fraction of sp³-hybridized carbons (Fsp3) is 0.571. The second-order valence-electron chi connectivity index (χ2n) is 8.78. The van der Waals surface area contributed by atoms with Crippen molar-refractivity contribution in [3.8, 4) is 0 Å². The molecule has 156 valence electrons. The molecule has 29 heavy (non-hydrogen) atoms. The predicted octanol–water partition coefficient (Wildman–Crippen LogP) is 2.71. The van der Waals surface area contributed by atoms with E-state index in [1.165, 1.54) is 16.9 Å². The molecule has 0 aliphatic carbocycles. The number of hydrogen-bond donors (Lipinski definition) is 1. The lowest BCUT2D eigenvalue weighted by atomic mass is 10.1. The quantitative estimate of drug-likeness (QED) is 0.830. The minimum Gasteiger partial charge on any atom is -0.379 e. The molecule has 2 fully saturated rings. The molecule has 0 bridgehead atoms. The number of aromatic nitrogens is 1. The number of likely N-dealkylation sites (tertiary alicyclic amines) is 1. The average molecular weight is 417 g/mol. The smallest absolute Gasteiger partial charge is 0.231 e. The van der Waals surface area contributed by atoms with Gasteiger partial charge in [0.1, 0.15) is 0 Å². The third-order valence-corrected chi connectivity index (χ3v) is 6.43. The molecule has 2 aromatic rings. The fourth-order valence-corrected chi connectivity index (χ4v) is 4.81. The van der Waals surface area contributed by atoms with Gasteiger partial charge in [0.2, 0.25) is 11.8 Å². The Kier molecular flexibility index (Phi) is 5.59. The molecule has 0 radical (unpaired) electrons. The Balaban J connectivity index is 1.42. The number of ether oxygens (including phenoxy) is 1. The molecule has 0 saturated carbocycles. The lowest BCUT2D eigenvalue weighted by molar-refractivity contribution is -0.131. The molecule has 1 N–H and O–H groups in total. The highest BCUT2D eigenvalue weighted by atomic mass is 32.1. The van der Waals surface area contributed by atoms with E-state index in [0.29, 0.717) is 11.7 Å². The molecule has 0 spiro atoms. The minimum atomic E-state index is -0.328. The third-order valence-electron chi connectivity index (χ3n) is 5.50. The summed E-state index contributed by atoms with van der Waals surface area (Å²) in [5.41, 5.74) is 1.86. The van der Waals surface area contributed by atoms with Gasteiger partial charge in [-0.15, -0.1) is 0 Å². The lowest BCUT2D eigenvalue weighted by Crippen LogP contribution is -2.42. The van der Waals surface area contributed by atoms with Gasteiger partial charge in [0, 0.05) is 38.1 Å². The number of fused-ring (bicyclic) bond motifs is 1. The van der Waals surface area contributed by atoms with Gasteiger partial charge in [-0.2, -0.15) is 0 Å². The molecule has 7 nitrogen and oxygen atoms in total. The van der Waals surface area contributed by atoms with E-state index in [4.69, 9.17) is 4.74 Å². The van der Waals surface area contributed by atoms with Gasteiger partial charge in [-0.05, 0) is 38.5 Å². The van der Waals surface area contributed by atoms with Crippen LogP contribution in [0.15, 0.2) is 18.2 Å². The van der Waals surface area contributed by atoms with Gasteiger partial charge in [-0.1, -0.05) is 17.4 Å². The van der Waals surface area contributed by atoms with E-state index < -0.39 is 0 Å². The Hall–Kier alpha value is -2.03. The Morgan fingerprint density at radius 2 is 2.07 bits per heavy atom. The molecule has 1 aromatic heterocycles. The van der Waals surface area contributed by atoms with Crippen molar-refractivity contribution in [2.75, 3.05) is 38.2 Å². The van der Waals surface area contributed by atoms with Crippen molar-refractivity contribution in [3.63, 3.8) is 0 Å². The lowest BCUT2D eigenvalue weighted by Gasteiger charge is -2.31.